The number of nitrogens with zero attached hydrogens (tertiary/aromatic N) is 7. The first-order valence-electron chi connectivity index (χ1n) is 10.6. The third-order valence-corrected chi connectivity index (χ3v) is 10.6. The van der Waals surface area contributed by atoms with Gasteiger partial charge in [-0.15, -0.1) is 0 Å². The number of benzene rings is 1. The van der Waals surface area contributed by atoms with Gasteiger partial charge in [0.15, 0.2) is 0 Å². The van der Waals surface area contributed by atoms with Crippen LogP contribution in [0, 0.1) is 10.1 Å². The van der Waals surface area contributed by atoms with E-state index in [2.05, 4.69) is 24.3 Å². The van der Waals surface area contributed by atoms with E-state index < -0.39 is 7.94 Å². The van der Waals surface area contributed by atoms with E-state index in [1.807, 2.05) is 0 Å². The van der Waals surface area contributed by atoms with Crippen LogP contribution in [-0.4, -0.2) is 73.4 Å². The maximum atomic E-state index is 11.3. The molecule has 0 unspecified atom stereocenters. The number of aromatic nitrogens is 3. The topological polar surface area (TPSA) is 92.8 Å². The van der Waals surface area contributed by atoms with Crippen molar-refractivity contribution in [3.8, 4) is 0 Å². The second kappa shape index (κ2) is 7.75. The average molecular weight is 421 g/mol. The fourth-order valence-corrected chi connectivity index (χ4v) is 9.59. The molecular formula is C18H28N7O3P. The summed E-state index contributed by atoms with van der Waals surface area (Å²) in [7, 11) is -2.67. The van der Waals surface area contributed by atoms with Crippen molar-refractivity contribution in [3.05, 3.63) is 28.3 Å². The zero-order valence-electron chi connectivity index (χ0n) is 16.6. The molecule has 3 aliphatic heterocycles. The van der Waals surface area contributed by atoms with E-state index in [0.29, 0.717) is 11.0 Å². The number of rotatable bonds is 6. The van der Waals surface area contributed by atoms with Crippen molar-refractivity contribution in [1.82, 2.24) is 29.2 Å². The Hall–Kier alpha value is -1.87. The number of fused-ring (bicyclic) bond motifs is 1. The quantitative estimate of drug-likeness (QED) is 0.399. The Bertz CT molecular complexity index is 848. The third kappa shape index (κ3) is 3.28. The van der Waals surface area contributed by atoms with Crippen LogP contribution in [0.25, 0.3) is 11.0 Å². The molecule has 3 fully saturated rings. The molecule has 2 aromatic rings. The SMILES string of the molecule is O=[N+]([O-])c1ccc2nnn(O[PH](N3CCCC3)(N3CCCC3)N3CCCC3)c2c1. The van der Waals surface area contributed by atoms with Crippen LogP contribution in [0.2, 0.25) is 0 Å². The molecule has 5 rings (SSSR count). The zero-order valence-corrected chi connectivity index (χ0v) is 17.6. The van der Waals surface area contributed by atoms with Crippen LogP contribution in [-0.2, 0) is 0 Å². The summed E-state index contributed by atoms with van der Waals surface area (Å²) in [5.41, 5.74) is 1.21. The summed E-state index contributed by atoms with van der Waals surface area (Å²) in [6.45, 7) is 6.20. The molecule has 0 aliphatic carbocycles. The predicted octanol–water partition coefficient (Wildman–Crippen LogP) is 2.47. The maximum absolute atomic E-state index is 11.3. The summed E-state index contributed by atoms with van der Waals surface area (Å²) < 4.78 is 14.6. The van der Waals surface area contributed by atoms with E-state index in [1.54, 1.807) is 6.07 Å². The molecule has 10 nitrogen and oxygen atoms in total. The van der Waals surface area contributed by atoms with Gasteiger partial charge in [-0.1, -0.05) is 0 Å². The Labute approximate surface area is 170 Å². The predicted molar refractivity (Wildman–Crippen MR) is 111 cm³/mol. The normalized spacial score (nSPS) is 22.6. The molecule has 4 heterocycles. The van der Waals surface area contributed by atoms with Gasteiger partial charge in [0.25, 0.3) is 0 Å². The van der Waals surface area contributed by atoms with Gasteiger partial charge in [0.2, 0.25) is 0 Å². The molecule has 0 radical (unpaired) electrons. The van der Waals surface area contributed by atoms with Gasteiger partial charge in [-0.05, 0) is 0 Å². The van der Waals surface area contributed by atoms with Crippen molar-refractivity contribution >= 4 is 24.7 Å². The molecule has 3 saturated heterocycles. The fraction of sp³-hybridized carbons (Fsp3) is 0.667. The molecule has 0 spiro atoms. The summed E-state index contributed by atoms with van der Waals surface area (Å²) in [6, 6.07) is 4.63. The van der Waals surface area contributed by atoms with Gasteiger partial charge in [-0.2, -0.15) is 0 Å². The Kier molecular flexibility index (Phi) is 5.11. The minimum atomic E-state index is -2.67. The van der Waals surface area contributed by atoms with Crippen molar-refractivity contribution < 1.29 is 9.55 Å². The molecule has 1 aromatic carbocycles. The molecule has 158 valence electrons. The van der Waals surface area contributed by atoms with E-state index in [4.69, 9.17) is 4.62 Å². The van der Waals surface area contributed by atoms with E-state index >= 15 is 0 Å². The summed E-state index contributed by atoms with van der Waals surface area (Å²) >= 11 is 0. The molecule has 3 aliphatic rings. The van der Waals surface area contributed by atoms with E-state index in [-0.39, 0.29) is 10.6 Å². The van der Waals surface area contributed by atoms with Crippen molar-refractivity contribution in [2.75, 3.05) is 39.3 Å². The molecule has 11 heteroatoms. The summed E-state index contributed by atoms with van der Waals surface area (Å²) in [4.78, 5) is 12.4. The van der Waals surface area contributed by atoms with Crippen LogP contribution in [0.5, 0.6) is 0 Å². The second-order valence-corrected chi connectivity index (χ2v) is 11.4. The summed E-state index contributed by atoms with van der Waals surface area (Å²) in [5, 5.41) is 19.8. The molecule has 1 aromatic heterocycles. The molecular weight excluding hydrogens is 393 g/mol. The van der Waals surface area contributed by atoms with Crippen molar-refractivity contribution in [3.63, 3.8) is 0 Å². The minimum absolute atomic E-state index is 0.0282. The first kappa shape index (κ1) is 19.1. The van der Waals surface area contributed by atoms with E-state index in [0.717, 1.165) is 39.3 Å². The van der Waals surface area contributed by atoms with Gasteiger partial charge in [-0.25, -0.2) is 0 Å². The van der Waals surface area contributed by atoms with Crippen LogP contribution in [0.15, 0.2) is 18.2 Å². The molecule has 0 bridgehead atoms. The number of hydrogen-bond acceptors (Lipinski definition) is 8. The Morgan fingerprint density at radius 1 is 0.897 bits per heavy atom. The van der Waals surface area contributed by atoms with Gasteiger partial charge in [0.1, 0.15) is 0 Å². The van der Waals surface area contributed by atoms with Crippen molar-refractivity contribution in [1.29, 1.82) is 0 Å². The van der Waals surface area contributed by atoms with Gasteiger partial charge >= 0.3 is 169 Å². The van der Waals surface area contributed by atoms with Gasteiger partial charge in [0, 0.05) is 0 Å². The van der Waals surface area contributed by atoms with E-state index in [9.17, 15) is 10.1 Å². The number of hydrogen-bond donors (Lipinski definition) is 0. The molecule has 0 amide bonds. The first-order valence-corrected chi connectivity index (χ1v) is 12.4. The second-order valence-electron chi connectivity index (χ2n) is 8.14. The Morgan fingerprint density at radius 2 is 1.41 bits per heavy atom. The van der Waals surface area contributed by atoms with Crippen LogP contribution in [0.1, 0.15) is 38.5 Å². The fourth-order valence-electron chi connectivity index (χ4n) is 4.98. The molecule has 0 atom stereocenters. The van der Waals surface area contributed by atoms with Crippen molar-refractivity contribution in [2.24, 2.45) is 0 Å². The average Bonchev–Trinajstić information content (AvgIpc) is 3.54. The standard InChI is InChI=1S/C18H28N7O3P/c26-25(27)16-7-8-17-18(15-16)24(20-19-17)28-29(21-9-1-2-10-21,22-11-3-4-12-22)23-13-5-6-14-23/h7-8,15,29H,1-6,9-14H2. The third-order valence-electron chi connectivity index (χ3n) is 6.37. The Balaban J connectivity index is 1.60. The Morgan fingerprint density at radius 3 is 1.90 bits per heavy atom. The van der Waals surface area contributed by atoms with Gasteiger partial charge < -0.3 is 0 Å². The molecule has 0 saturated carbocycles. The summed E-state index contributed by atoms with van der Waals surface area (Å²) in [5.74, 6) is 0. The number of nitro benzene ring substituents is 1. The van der Waals surface area contributed by atoms with Crippen molar-refractivity contribution in [2.45, 2.75) is 38.5 Å². The monoisotopic (exact) mass is 421 g/mol. The first-order chi connectivity index (χ1) is 14.2. The molecule has 29 heavy (non-hydrogen) atoms. The molecule has 0 N–H and O–H groups in total. The van der Waals surface area contributed by atoms with Crippen LogP contribution in [0.3, 0.4) is 0 Å². The van der Waals surface area contributed by atoms with E-state index in [1.165, 1.54) is 55.5 Å². The van der Waals surface area contributed by atoms with Crippen LogP contribution >= 0.6 is 7.94 Å². The zero-order chi connectivity index (χ0) is 19.8. The van der Waals surface area contributed by atoms with Gasteiger partial charge in [0.05, 0.1) is 0 Å². The number of non-ortho nitro benzene ring substituents is 1. The summed E-state index contributed by atoms with van der Waals surface area (Å²) in [6.07, 6.45) is 7.10. The number of nitro groups is 1. The van der Waals surface area contributed by atoms with Crippen LogP contribution in [0.4, 0.5) is 5.69 Å². The van der Waals surface area contributed by atoms with Crippen LogP contribution < -0.4 is 4.62 Å². The van der Waals surface area contributed by atoms with Gasteiger partial charge in [-0.3, -0.25) is 0 Å².